The van der Waals surface area contributed by atoms with Gasteiger partial charge >= 0.3 is 0 Å². The highest BCUT2D eigenvalue weighted by atomic mass is 35.5. The Labute approximate surface area is 117 Å². The number of hydrogen-bond acceptors (Lipinski definition) is 2. The van der Waals surface area contributed by atoms with E-state index in [2.05, 4.69) is 0 Å². The second-order valence-electron chi connectivity index (χ2n) is 4.58. The Morgan fingerprint density at radius 2 is 1.95 bits per heavy atom. The van der Waals surface area contributed by atoms with Crippen molar-refractivity contribution in [3.63, 3.8) is 0 Å². The Morgan fingerprint density at radius 3 is 2.47 bits per heavy atom. The van der Waals surface area contributed by atoms with Crippen LogP contribution in [0.3, 0.4) is 0 Å². The normalized spacial score (nSPS) is 10.5. The number of benzene rings is 1. The second kappa shape index (κ2) is 5.49. The van der Waals surface area contributed by atoms with Crippen molar-refractivity contribution in [1.82, 2.24) is 4.57 Å². The van der Waals surface area contributed by atoms with Gasteiger partial charge in [-0.1, -0.05) is 11.6 Å². The first-order valence-electron chi connectivity index (χ1n) is 6.03. The minimum atomic E-state index is -0.0405. The number of rotatable bonds is 4. The van der Waals surface area contributed by atoms with Crippen LogP contribution in [0.2, 0.25) is 5.02 Å². The third kappa shape index (κ3) is 2.99. The zero-order valence-electron chi connectivity index (χ0n) is 11.2. The van der Waals surface area contributed by atoms with Gasteiger partial charge in [0.15, 0.2) is 6.61 Å². The summed E-state index contributed by atoms with van der Waals surface area (Å²) in [5.41, 5.74) is 2.51. The standard InChI is InChI=1S/C15H16ClNO2/c1-10-7-12(16)8-11(2)15(10)19-9-14(18)13-5-4-6-17(13)3/h4-8H,9H2,1-3H3. The largest absolute Gasteiger partial charge is 0.485 e. The monoisotopic (exact) mass is 277 g/mol. The molecule has 1 aromatic carbocycles. The lowest BCUT2D eigenvalue weighted by Crippen LogP contribution is -2.15. The summed E-state index contributed by atoms with van der Waals surface area (Å²) in [6.07, 6.45) is 1.84. The number of Topliss-reactive ketones (excluding diaryl/α,β-unsaturated/α-hetero) is 1. The topological polar surface area (TPSA) is 31.2 Å². The van der Waals surface area contributed by atoms with Crippen molar-refractivity contribution in [3.05, 3.63) is 52.3 Å². The van der Waals surface area contributed by atoms with Gasteiger partial charge in [-0.25, -0.2) is 0 Å². The summed E-state index contributed by atoms with van der Waals surface area (Å²) in [5.74, 6) is 0.688. The summed E-state index contributed by atoms with van der Waals surface area (Å²) in [7, 11) is 1.84. The van der Waals surface area contributed by atoms with E-state index in [1.807, 2.05) is 45.3 Å². The van der Waals surface area contributed by atoms with Gasteiger partial charge in [-0.05, 0) is 49.2 Å². The van der Waals surface area contributed by atoms with Crippen LogP contribution < -0.4 is 4.74 Å². The summed E-state index contributed by atoms with van der Waals surface area (Å²) >= 11 is 5.96. The average Bonchev–Trinajstić information content (AvgIpc) is 2.73. The molecule has 0 radical (unpaired) electrons. The molecule has 0 N–H and O–H groups in total. The number of carbonyl (C=O) groups excluding carboxylic acids is 1. The fourth-order valence-electron chi connectivity index (χ4n) is 2.09. The molecule has 0 saturated carbocycles. The Kier molecular flexibility index (Phi) is 3.96. The summed E-state index contributed by atoms with van der Waals surface area (Å²) in [6.45, 7) is 3.86. The zero-order chi connectivity index (χ0) is 14.0. The summed E-state index contributed by atoms with van der Waals surface area (Å²) in [4.78, 5) is 12.0. The lowest BCUT2D eigenvalue weighted by atomic mass is 10.1. The van der Waals surface area contributed by atoms with Crippen LogP contribution in [0.25, 0.3) is 0 Å². The van der Waals surface area contributed by atoms with E-state index in [0.29, 0.717) is 10.7 Å². The molecule has 0 saturated heterocycles. The number of ether oxygens (including phenoxy) is 1. The van der Waals surface area contributed by atoms with E-state index in [4.69, 9.17) is 16.3 Å². The van der Waals surface area contributed by atoms with Crippen LogP contribution in [0.4, 0.5) is 0 Å². The molecule has 3 nitrogen and oxygen atoms in total. The molecule has 0 amide bonds. The molecule has 0 atom stereocenters. The molecule has 0 aliphatic heterocycles. The van der Waals surface area contributed by atoms with Gasteiger partial charge in [0.05, 0.1) is 5.69 Å². The molecule has 0 aliphatic rings. The van der Waals surface area contributed by atoms with Gasteiger partial charge in [0.2, 0.25) is 5.78 Å². The van der Waals surface area contributed by atoms with Crippen LogP contribution in [0.5, 0.6) is 5.75 Å². The molecule has 0 unspecified atom stereocenters. The highest BCUT2D eigenvalue weighted by Gasteiger charge is 2.12. The maximum absolute atomic E-state index is 12.0. The summed E-state index contributed by atoms with van der Waals surface area (Å²) < 4.78 is 7.43. The number of nitrogens with zero attached hydrogens (tertiary/aromatic N) is 1. The SMILES string of the molecule is Cc1cc(Cl)cc(C)c1OCC(=O)c1cccn1C. The van der Waals surface area contributed by atoms with Crippen LogP contribution in [-0.2, 0) is 7.05 Å². The molecular weight excluding hydrogens is 262 g/mol. The summed E-state index contributed by atoms with van der Waals surface area (Å²) in [6, 6.07) is 7.28. The van der Waals surface area contributed by atoms with Gasteiger partial charge in [0.25, 0.3) is 0 Å². The number of carbonyl (C=O) groups is 1. The first kappa shape index (κ1) is 13.7. The molecule has 0 aliphatic carbocycles. The number of hydrogen-bond donors (Lipinski definition) is 0. The van der Waals surface area contributed by atoms with Gasteiger partial charge in [-0.15, -0.1) is 0 Å². The van der Waals surface area contributed by atoms with E-state index in [1.165, 1.54) is 0 Å². The van der Waals surface area contributed by atoms with Crippen molar-refractivity contribution >= 4 is 17.4 Å². The zero-order valence-corrected chi connectivity index (χ0v) is 12.0. The Balaban J connectivity index is 2.12. The molecular formula is C15H16ClNO2. The van der Waals surface area contributed by atoms with Crippen LogP contribution in [0.1, 0.15) is 21.6 Å². The molecule has 0 spiro atoms. The summed E-state index contributed by atoms with van der Waals surface area (Å²) in [5, 5.41) is 0.677. The smallest absolute Gasteiger partial charge is 0.216 e. The molecule has 4 heteroatoms. The predicted molar refractivity (Wildman–Crippen MR) is 76.2 cm³/mol. The Morgan fingerprint density at radius 1 is 1.32 bits per heavy atom. The number of aryl methyl sites for hydroxylation is 3. The number of aromatic nitrogens is 1. The molecule has 19 heavy (non-hydrogen) atoms. The molecule has 1 aromatic heterocycles. The van der Waals surface area contributed by atoms with Crippen LogP contribution in [0, 0.1) is 13.8 Å². The molecule has 100 valence electrons. The Bertz CT molecular complexity index is 593. The lowest BCUT2D eigenvalue weighted by Gasteiger charge is -2.12. The first-order chi connectivity index (χ1) is 8.99. The van der Waals surface area contributed by atoms with Gasteiger partial charge in [0, 0.05) is 18.3 Å². The maximum Gasteiger partial charge on any atom is 0.216 e. The maximum atomic E-state index is 12.0. The van der Waals surface area contributed by atoms with E-state index in [0.717, 1.165) is 16.9 Å². The lowest BCUT2D eigenvalue weighted by molar-refractivity contribution is 0.0912. The first-order valence-corrected chi connectivity index (χ1v) is 6.41. The van der Waals surface area contributed by atoms with E-state index in [-0.39, 0.29) is 12.4 Å². The average molecular weight is 278 g/mol. The fraction of sp³-hybridized carbons (Fsp3) is 0.267. The minimum absolute atomic E-state index is 0.0289. The van der Waals surface area contributed by atoms with Gasteiger partial charge < -0.3 is 9.30 Å². The fourth-order valence-corrected chi connectivity index (χ4v) is 2.41. The van der Waals surface area contributed by atoms with Gasteiger partial charge in [-0.2, -0.15) is 0 Å². The molecule has 1 heterocycles. The molecule has 2 rings (SSSR count). The van der Waals surface area contributed by atoms with Crippen LogP contribution in [0.15, 0.2) is 30.5 Å². The van der Waals surface area contributed by atoms with Crippen LogP contribution in [-0.4, -0.2) is 17.0 Å². The predicted octanol–water partition coefficient (Wildman–Crippen LogP) is 3.56. The third-order valence-electron chi connectivity index (χ3n) is 3.00. The van der Waals surface area contributed by atoms with E-state index in [1.54, 1.807) is 10.6 Å². The molecule has 0 bridgehead atoms. The van der Waals surface area contributed by atoms with E-state index >= 15 is 0 Å². The third-order valence-corrected chi connectivity index (χ3v) is 3.22. The van der Waals surface area contributed by atoms with E-state index < -0.39 is 0 Å². The number of halogens is 1. The van der Waals surface area contributed by atoms with Gasteiger partial charge in [-0.3, -0.25) is 4.79 Å². The van der Waals surface area contributed by atoms with Crippen molar-refractivity contribution in [1.29, 1.82) is 0 Å². The van der Waals surface area contributed by atoms with Crippen molar-refractivity contribution in [2.24, 2.45) is 7.05 Å². The molecule has 0 fully saturated rings. The van der Waals surface area contributed by atoms with Crippen LogP contribution >= 0.6 is 11.6 Å². The van der Waals surface area contributed by atoms with Crippen molar-refractivity contribution < 1.29 is 9.53 Å². The molecule has 2 aromatic rings. The highest BCUT2D eigenvalue weighted by Crippen LogP contribution is 2.27. The minimum Gasteiger partial charge on any atom is -0.485 e. The second-order valence-corrected chi connectivity index (χ2v) is 5.02. The Hall–Kier alpha value is -1.74. The van der Waals surface area contributed by atoms with Crippen molar-refractivity contribution in [2.75, 3.05) is 6.61 Å². The van der Waals surface area contributed by atoms with Crippen molar-refractivity contribution in [3.8, 4) is 5.75 Å². The van der Waals surface area contributed by atoms with Crippen molar-refractivity contribution in [2.45, 2.75) is 13.8 Å². The van der Waals surface area contributed by atoms with Gasteiger partial charge in [0.1, 0.15) is 5.75 Å². The number of ketones is 1. The quantitative estimate of drug-likeness (QED) is 0.800. The van der Waals surface area contributed by atoms with E-state index in [9.17, 15) is 4.79 Å². The highest BCUT2D eigenvalue weighted by molar-refractivity contribution is 6.30.